The predicted octanol–water partition coefficient (Wildman–Crippen LogP) is 1.30. The SMILES string of the molecule is CC(C)c1nnnn1Cc1ccc(CN)cc1. The molecule has 0 aliphatic rings. The Morgan fingerprint density at radius 1 is 1.18 bits per heavy atom. The average Bonchev–Trinajstić information content (AvgIpc) is 2.78. The van der Waals surface area contributed by atoms with E-state index in [2.05, 4.69) is 41.5 Å². The van der Waals surface area contributed by atoms with E-state index in [4.69, 9.17) is 5.73 Å². The molecule has 5 nitrogen and oxygen atoms in total. The van der Waals surface area contributed by atoms with Crippen molar-refractivity contribution in [2.45, 2.75) is 32.9 Å². The molecule has 0 aliphatic carbocycles. The van der Waals surface area contributed by atoms with E-state index in [1.54, 1.807) is 0 Å². The summed E-state index contributed by atoms with van der Waals surface area (Å²) in [5.41, 5.74) is 7.87. The van der Waals surface area contributed by atoms with Gasteiger partial charge < -0.3 is 5.73 Å². The van der Waals surface area contributed by atoms with Crippen LogP contribution in [0, 0.1) is 0 Å². The quantitative estimate of drug-likeness (QED) is 0.861. The number of hydrogen-bond donors (Lipinski definition) is 1. The summed E-state index contributed by atoms with van der Waals surface area (Å²) < 4.78 is 1.84. The Bertz CT molecular complexity index is 472. The number of aromatic nitrogens is 4. The van der Waals surface area contributed by atoms with Gasteiger partial charge in [-0.2, -0.15) is 0 Å². The first-order valence-corrected chi connectivity index (χ1v) is 5.74. The summed E-state index contributed by atoms with van der Waals surface area (Å²) in [5, 5.41) is 11.7. The molecule has 0 radical (unpaired) electrons. The Morgan fingerprint density at radius 3 is 2.41 bits per heavy atom. The zero-order valence-corrected chi connectivity index (χ0v) is 10.2. The van der Waals surface area contributed by atoms with E-state index < -0.39 is 0 Å². The van der Waals surface area contributed by atoms with E-state index in [0.29, 0.717) is 19.0 Å². The first kappa shape index (κ1) is 11.7. The lowest BCUT2D eigenvalue weighted by atomic mass is 10.1. The second-order valence-corrected chi connectivity index (χ2v) is 4.37. The zero-order valence-electron chi connectivity index (χ0n) is 10.2. The van der Waals surface area contributed by atoms with Gasteiger partial charge in [0.05, 0.1) is 6.54 Å². The van der Waals surface area contributed by atoms with Crippen molar-refractivity contribution in [3.8, 4) is 0 Å². The maximum atomic E-state index is 5.56. The molecule has 2 aromatic rings. The molecule has 0 spiro atoms. The molecule has 1 heterocycles. The van der Waals surface area contributed by atoms with Crippen molar-refractivity contribution in [3.05, 3.63) is 41.2 Å². The summed E-state index contributed by atoms with van der Waals surface area (Å²) >= 11 is 0. The Morgan fingerprint density at radius 2 is 1.82 bits per heavy atom. The van der Waals surface area contributed by atoms with Crippen molar-refractivity contribution in [1.82, 2.24) is 20.2 Å². The van der Waals surface area contributed by atoms with E-state index in [0.717, 1.165) is 11.4 Å². The third-order valence-corrected chi connectivity index (χ3v) is 2.67. The van der Waals surface area contributed by atoms with Crippen LogP contribution in [0.15, 0.2) is 24.3 Å². The fraction of sp³-hybridized carbons (Fsp3) is 0.417. The zero-order chi connectivity index (χ0) is 12.3. The van der Waals surface area contributed by atoms with Crippen molar-refractivity contribution in [3.63, 3.8) is 0 Å². The van der Waals surface area contributed by atoms with E-state index in [1.165, 1.54) is 5.56 Å². The molecule has 0 saturated carbocycles. The minimum atomic E-state index is 0.327. The van der Waals surface area contributed by atoms with Gasteiger partial charge in [0.2, 0.25) is 0 Å². The van der Waals surface area contributed by atoms with Gasteiger partial charge in [-0.3, -0.25) is 0 Å². The van der Waals surface area contributed by atoms with E-state index >= 15 is 0 Å². The van der Waals surface area contributed by atoms with Crippen molar-refractivity contribution in [1.29, 1.82) is 0 Å². The van der Waals surface area contributed by atoms with Gasteiger partial charge in [-0.05, 0) is 21.6 Å². The van der Waals surface area contributed by atoms with Crippen molar-refractivity contribution in [2.24, 2.45) is 5.73 Å². The molecule has 2 N–H and O–H groups in total. The lowest BCUT2D eigenvalue weighted by Gasteiger charge is -2.07. The lowest BCUT2D eigenvalue weighted by molar-refractivity contribution is 0.596. The number of benzene rings is 1. The van der Waals surface area contributed by atoms with Crippen LogP contribution in [0.4, 0.5) is 0 Å². The topological polar surface area (TPSA) is 69.6 Å². The number of nitrogens with two attached hydrogens (primary N) is 1. The van der Waals surface area contributed by atoms with Crippen molar-refractivity contribution < 1.29 is 0 Å². The van der Waals surface area contributed by atoms with E-state index in [9.17, 15) is 0 Å². The second kappa shape index (κ2) is 5.05. The van der Waals surface area contributed by atoms with Gasteiger partial charge >= 0.3 is 0 Å². The lowest BCUT2D eigenvalue weighted by Crippen LogP contribution is -2.08. The highest BCUT2D eigenvalue weighted by Crippen LogP contribution is 2.11. The fourth-order valence-corrected chi connectivity index (χ4v) is 1.69. The van der Waals surface area contributed by atoms with Crippen LogP contribution in [0.25, 0.3) is 0 Å². The van der Waals surface area contributed by atoms with Gasteiger partial charge in [0.1, 0.15) is 0 Å². The third-order valence-electron chi connectivity index (χ3n) is 2.67. The van der Waals surface area contributed by atoms with Crippen LogP contribution in [0.2, 0.25) is 0 Å². The monoisotopic (exact) mass is 231 g/mol. The van der Waals surface area contributed by atoms with Crippen LogP contribution in [0.3, 0.4) is 0 Å². The first-order chi connectivity index (χ1) is 8.20. The predicted molar refractivity (Wildman–Crippen MR) is 65.3 cm³/mol. The minimum Gasteiger partial charge on any atom is -0.326 e. The maximum Gasteiger partial charge on any atom is 0.154 e. The standard InChI is InChI=1S/C12H17N5/c1-9(2)12-14-15-16-17(12)8-11-5-3-10(7-13)4-6-11/h3-6,9H,7-8,13H2,1-2H3. The number of hydrogen-bond acceptors (Lipinski definition) is 4. The molecule has 17 heavy (non-hydrogen) atoms. The normalized spacial score (nSPS) is 11.1. The summed E-state index contributed by atoms with van der Waals surface area (Å²) in [6.07, 6.45) is 0. The Hall–Kier alpha value is -1.75. The smallest absolute Gasteiger partial charge is 0.154 e. The number of nitrogens with zero attached hydrogens (tertiary/aromatic N) is 4. The van der Waals surface area contributed by atoms with Gasteiger partial charge in [-0.1, -0.05) is 38.1 Å². The fourth-order valence-electron chi connectivity index (χ4n) is 1.69. The van der Waals surface area contributed by atoms with E-state index in [1.807, 2.05) is 16.8 Å². The molecule has 90 valence electrons. The molecule has 0 amide bonds. The second-order valence-electron chi connectivity index (χ2n) is 4.37. The third kappa shape index (κ3) is 2.68. The van der Waals surface area contributed by atoms with Gasteiger partial charge in [0.15, 0.2) is 5.82 Å². The molecule has 0 bridgehead atoms. The molecule has 0 unspecified atom stereocenters. The van der Waals surface area contributed by atoms with Crippen LogP contribution in [0.1, 0.15) is 36.7 Å². The molecular weight excluding hydrogens is 214 g/mol. The van der Waals surface area contributed by atoms with Crippen molar-refractivity contribution >= 4 is 0 Å². The average molecular weight is 231 g/mol. The molecule has 5 heteroatoms. The highest BCUT2D eigenvalue weighted by atomic mass is 15.5. The first-order valence-electron chi connectivity index (χ1n) is 5.74. The molecule has 1 aromatic heterocycles. The van der Waals surface area contributed by atoms with Crippen LogP contribution in [0.5, 0.6) is 0 Å². The number of tetrazole rings is 1. The molecule has 0 aliphatic heterocycles. The van der Waals surface area contributed by atoms with Crippen molar-refractivity contribution in [2.75, 3.05) is 0 Å². The summed E-state index contributed by atoms with van der Waals surface area (Å²) in [6, 6.07) is 8.20. The number of rotatable bonds is 4. The van der Waals surface area contributed by atoms with Crippen LogP contribution in [-0.2, 0) is 13.1 Å². The Kier molecular flexibility index (Phi) is 3.49. The molecule has 0 fully saturated rings. The van der Waals surface area contributed by atoms with Crippen LogP contribution >= 0.6 is 0 Å². The Labute approximate surface area is 101 Å². The minimum absolute atomic E-state index is 0.327. The van der Waals surface area contributed by atoms with Crippen LogP contribution < -0.4 is 5.73 Å². The summed E-state index contributed by atoms with van der Waals surface area (Å²) in [5.74, 6) is 1.24. The molecular formula is C12H17N5. The molecule has 2 rings (SSSR count). The largest absolute Gasteiger partial charge is 0.326 e. The summed E-state index contributed by atoms with van der Waals surface area (Å²) in [4.78, 5) is 0. The Balaban J connectivity index is 2.16. The highest BCUT2D eigenvalue weighted by Gasteiger charge is 2.09. The van der Waals surface area contributed by atoms with Gasteiger partial charge in [0.25, 0.3) is 0 Å². The van der Waals surface area contributed by atoms with Gasteiger partial charge in [0, 0.05) is 12.5 Å². The molecule has 1 aromatic carbocycles. The summed E-state index contributed by atoms with van der Waals surface area (Å²) in [6.45, 7) is 5.44. The van der Waals surface area contributed by atoms with E-state index in [-0.39, 0.29) is 0 Å². The molecule has 0 atom stereocenters. The van der Waals surface area contributed by atoms with Crippen LogP contribution in [-0.4, -0.2) is 20.2 Å². The molecule has 0 saturated heterocycles. The van der Waals surface area contributed by atoms with Gasteiger partial charge in [-0.25, -0.2) is 4.68 Å². The summed E-state index contributed by atoms with van der Waals surface area (Å²) in [7, 11) is 0. The maximum absolute atomic E-state index is 5.56. The van der Waals surface area contributed by atoms with Gasteiger partial charge in [-0.15, -0.1) is 5.10 Å². The highest BCUT2D eigenvalue weighted by molar-refractivity contribution is 5.22.